The van der Waals surface area contributed by atoms with E-state index in [1.165, 1.54) is 29.2 Å². The molecule has 0 bridgehead atoms. The van der Waals surface area contributed by atoms with Crippen LogP contribution >= 0.6 is 0 Å². The van der Waals surface area contributed by atoms with E-state index in [1.54, 1.807) is 0 Å². The molecule has 4 amide bonds. The Morgan fingerprint density at radius 3 is 2.30 bits per heavy atom. The summed E-state index contributed by atoms with van der Waals surface area (Å²) in [5, 5.41) is 16.2. The zero-order valence-corrected chi connectivity index (χ0v) is 22.4. The number of likely N-dealkylation sites (tertiary alicyclic amines) is 1. The molecule has 2 unspecified atom stereocenters. The van der Waals surface area contributed by atoms with Crippen LogP contribution in [0.3, 0.4) is 0 Å². The SMILES string of the molecule is NCCCCC(NC(=O)[C@@H]1CCCN1C(=O)Cc1ccc([N+](=O)[O-])cc1)C(=O)NC(CCCN=C(N)N)C(N)=O. The monoisotopic (exact) mass is 561 g/mol. The van der Waals surface area contributed by atoms with Crippen LogP contribution in [0.25, 0.3) is 0 Å². The number of rotatable bonds is 16. The Balaban J connectivity index is 2.05. The summed E-state index contributed by atoms with van der Waals surface area (Å²) in [6, 6.07) is 2.93. The van der Waals surface area contributed by atoms with Gasteiger partial charge < -0.3 is 38.5 Å². The standard InChI is InChI=1S/C25H39N9O6/c26-12-2-1-5-19(23(37)31-18(22(27)36)6-3-13-30-25(28)29)32-24(38)20-7-4-14-33(20)21(35)15-16-8-10-17(11-9-16)34(39)40/h8-11,18-20H,1-7,12-15,26H2,(H2,27,36)(H,31,37)(H,32,38)(H4,28,29,30)/t18?,19?,20-/m0/s1. The second kappa shape index (κ2) is 16.0. The first-order valence-electron chi connectivity index (χ1n) is 13.2. The van der Waals surface area contributed by atoms with Crippen molar-refractivity contribution in [2.45, 2.75) is 69.5 Å². The highest BCUT2D eigenvalue weighted by Crippen LogP contribution is 2.20. The summed E-state index contributed by atoms with van der Waals surface area (Å²) >= 11 is 0. The van der Waals surface area contributed by atoms with Crippen molar-refractivity contribution in [3.8, 4) is 0 Å². The van der Waals surface area contributed by atoms with E-state index < -0.39 is 40.8 Å². The zero-order chi connectivity index (χ0) is 29.7. The molecule has 10 N–H and O–H groups in total. The highest BCUT2D eigenvalue weighted by atomic mass is 16.6. The molecule has 0 aliphatic carbocycles. The lowest BCUT2D eigenvalue weighted by molar-refractivity contribution is -0.384. The fraction of sp³-hybridized carbons (Fsp3) is 0.560. The number of benzene rings is 1. The Bertz CT molecular complexity index is 1080. The topological polar surface area (TPSA) is 255 Å². The third-order valence-corrected chi connectivity index (χ3v) is 6.56. The van der Waals surface area contributed by atoms with Crippen molar-refractivity contribution in [3.63, 3.8) is 0 Å². The van der Waals surface area contributed by atoms with Crippen molar-refractivity contribution in [2.75, 3.05) is 19.6 Å². The van der Waals surface area contributed by atoms with Gasteiger partial charge in [-0.25, -0.2) is 0 Å². The molecule has 1 aromatic carbocycles. The van der Waals surface area contributed by atoms with Crippen molar-refractivity contribution in [2.24, 2.45) is 27.9 Å². The molecule has 2 rings (SSSR count). The summed E-state index contributed by atoms with van der Waals surface area (Å²) in [6.07, 6.45) is 3.05. The average Bonchev–Trinajstić information content (AvgIpc) is 3.40. The number of aliphatic imine (C=N–C) groups is 1. The third-order valence-electron chi connectivity index (χ3n) is 6.56. The van der Waals surface area contributed by atoms with E-state index in [1.807, 2.05) is 0 Å². The van der Waals surface area contributed by atoms with Gasteiger partial charge in [-0.2, -0.15) is 0 Å². The third kappa shape index (κ3) is 10.1. The lowest BCUT2D eigenvalue weighted by Gasteiger charge is -2.27. The molecule has 1 fully saturated rings. The van der Waals surface area contributed by atoms with Crippen LogP contribution in [-0.2, 0) is 25.6 Å². The van der Waals surface area contributed by atoms with Gasteiger partial charge in [0.2, 0.25) is 23.6 Å². The van der Waals surface area contributed by atoms with Crippen molar-refractivity contribution in [3.05, 3.63) is 39.9 Å². The second-order valence-corrected chi connectivity index (χ2v) is 9.60. The van der Waals surface area contributed by atoms with Gasteiger partial charge in [0.25, 0.3) is 5.69 Å². The van der Waals surface area contributed by atoms with E-state index in [0.29, 0.717) is 50.8 Å². The molecular weight excluding hydrogens is 522 g/mol. The van der Waals surface area contributed by atoms with Gasteiger partial charge in [0.1, 0.15) is 18.1 Å². The van der Waals surface area contributed by atoms with Gasteiger partial charge in [-0.15, -0.1) is 0 Å². The van der Waals surface area contributed by atoms with E-state index in [2.05, 4.69) is 15.6 Å². The smallest absolute Gasteiger partial charge is 0.269 e. The van der Waals surface area contributed by atoms with Crippen LogP contribution in [0, 0.1) is 10.1 Å². The zero-order valence-electron chi connectivity index (χ0n) is 22.4. The van der Waals surface area contributed by atoms with E-state index >= 15 is 0 Å². The Hall–Kier alpha value is -4.27. The van der Waals surface area contributed by atoms with Crippen LogP contribution in [0.2, 0.25) is 0 Å². The summed E-state index contributed by atoms with van der Waals surface area (Å²) in [7, 11) is 0. The summed E-state index contributed by atoms with van der Waals surface area (Å²) in [6.45, 7) is 1.03. The number of amides is 4. The van der Waals surface area contributed by atoms with Crippen molar-refractivity contribution in [1.29, 1.82) is 0 Å². The molecule has 15 heteroatoms. The van der Waals surface area contributed by atoms with Gasteiger partial charge >= 0.3 is 0 Å². The highest BCUT2D eigenvalue weighted by Gasteiger charge is 2.36. The molecule has 3 atom stereocenters. The molecule has 0 spiro atoms. The van der Waals surface area contributed by atoms with Gasteiger partial charge in [0.15, 0.2) is 5.96 Å². The minimum atomic E-state index is -0.984. The van der Waals surface area contributed by atoms with Gasteiger partial charge in [0.05, 0.1) is 11.3 Å². The number of nitrogens with one attached hydrogen (secondary N) is 2. The van der Waals surface area contributed by atoms with Gasteiger partial charge in [-0.05, 0) is 57.1 Å². The van der Waals surface area contributed by atoms with E-state index in [-0.39, 0.29) is 43.4 Å². The number of primary amides is 1. The number of nitro groups is 1. The number of hydrogen-bond acceptors (Lipinski definition) is 8. The fourth-order valence-corrected chi connectivity index (χ4v) is 4.44. The average molecular weight is 562 g/mol. The molecule has 0 aromatic heterocycles. The minimum absolute atomic E-state index is 0.0255. The largest absolute Gasteiger partial charge is 0.370 e. The van der Waals surface area contributed by atoms with Crippen LogP contribution in [0.1, 0.15) is 50.5 Å². The predicted octanol–water partition coefficient (Wildman–Crippen LogP) is -1.23. The molecule has 220 valence electrons. The molecule has 1 saturated heterocycles. The van der Waals surface area contributed by atoms with Crippen LogP contribution in [-0.4, -0.2) is 77.2 Å². The first kappa shape index (κ1) is 31.9. The molecular formula is C25H39N9O6. The molecule has 1 heterocycles. The van der Waals surface area contributed by atoms with Crippen molar-refractivity contribution >= 4 is 35.3 Å². The maximum atomic E-state index is 13.3. The number of carbonyl (C=O) groups excluding carboxylic acids is 4. The Labute approximate surface area is 232 Å². The highest BCUT2D eigenvalue weighted by molar-refractivity contribution is 5.94. The number of carbonyl (C=O) groups is 4. The Morgan fingerprint density at radius 1 is 1.02 bits per heavy atom. The number of guanidine groups is 1. The van der Waals surface area contributed by atoms with E-state index in [0.717, 1.165) is 0 Å². The lowest BCUT2D eigenvalue weighted by Crippen LogP contribution is -2.56. The maximum Gasteiger partial charge on any atom is 0.269 e. The van der Waals surface area contributed by atoms with Crippen LogP contribution in [0.4, 0.5) is 5.69 Å². The van der Waals surface area contributed by atoms with Crippen LogP contribution in [0.15, 0.2) is 29.3 Å². The molecule has 0 radical (unpaired) electrons. The molecule has 1 aliphatic rings. The second-order valence-electron chi connectivity index (χ2n) is 9.60. The number of unbranched alkanes of at least 4 members (excludes halogenated alkanes) is 1. The quantitative estimate of drug-likeness (QED) is 0.0463. The normalized spacial score (nSPS) is 16.0. The van der Waals surface area contributed by atoms with Gasteiger partial charge in [-0.3, -0.25) is 34.3 Å². The number of nitrogens with two attached hydrogens (primary N) is 4. The predicted molar refractivity (Wildman–Crippen MR) is 147 cm³/mol. The van der Waals surface area contributed by atoms with E-state index in [9.17, 15) is 29.3 Å². The first-order chi connectivity index (χ1) is 19.0. The van der Waals surface area contributed by atoms with Gasteiger partial charge in [-0.1, -0.05) is 12.1 Å². The number of hydrogen-bond donors (Lipinski definition) is 6. The molecule has 1 aliphatic heterocycles. The molecule has 40 heavy (non-hydrogen) atoms. The molecule has 0 saturated carbocycles. The van der Waals surface area contributed by atoms with E-state index in [4.69, 9.17) is 22.9 Å². The first-order valence-corrected chi connectivity index (χ1v) is 13.2. The van der Waals surface area contributed by atoms with Crippen molar-refractivity contribution in [1.82, 2.24) is 15.5 Å². The van der Waals surface area contributed by atoms with Gasteiger partial charge in [0, 0.05) is 25.2 Å². The summed E-state index contributed by atoms with van der Waals surface area (Å²) < 4.78 is 0. The maximum absolute atomic E-state index is 13.3. The fourth-order valence-electron chi connectivity index (χ4n) is 4.44. The minimum Gasteiger partial charge on any atom is -0.370 e. The lowest BCUT2D eigenvalue weighted by atomic mass is 10.1. The summed E-state index contributed by atoms with van der Waals surface area (Å²) in [5.41, 5.74) is 22.1. The number of non-ortho nitro benzene ring substituents is 1. The van der Waals surface area contributed by atoms with Crippen molar-refractivity contribution < 1.29 is 24.1 Å². The number of nitro benzene ring substituents is 1. The summed E-state index contributed by atoms with van der Waals surface area (Å²) in [5.74, 6) is -2.17. The van der Waals surface area contributed by atoms with Crippen LogP contribution in [0.5, 0.6) is 0 Å². The Kier molecular flexibility index (Phi) is 12.8. The molecule has 15 nitrogen and oxygen atoms in total. The number of nitrogens with zero attached hydrogens (tertiary/aromatic N) is 3. The summed E-state index contributed by atoms with van der Waals surface area (Å²) in [4.78, 5) is 67.0. The van der Waals surface area contributed by atoms with Crippen LogP contribution < -0.4 is 33.6 Å². The Morgan fingerprint density at radius 2 is 1.70 bits per heavy atom. The molecule has 1 aromatic rings.